The highest BCUT2D eigenvalue weighted by Gasteiger charge is 2.24. The Bertz CT molecular complexity index is 795. The van der Waals surface area contributed by atoms with Gasteiger partial charge in [-0.3, -0.25) is 4.68 Å². The van der Waals surface area contributed by atoms with Crippen molar-refractivity contribution < 1.29 is 8.42 Å². The lowest BCUT2D eigenvalue weighted by Gasteiger charge is -2.18. The zero-order chi connectivity index (χ0) is 18.6. The van der Waals surface area contributed by atoms with Gasteiger partial charge in [0.05, 0.1) is 11.9 Å². The minimum atomic E-state index is -3.60. The van der Waals surface area contributed by atoms with Crippen LogP contribution in [-0.2, 0) is 16.6 Å². The molecule has 1 aromatic heterocycles. The van der Waals surface area contributed by atoms with E-state index < -0.39 is 10.0 Å². The van der Waals surface area contributed by atoms with E-state index >= 15 is 0 Å². The molecule has 0 radical (unpaired) electrons. The summed E-state index contributed by atoms with van der Waals surface area (Å²) in [5.41, 5.74) is 2.93. The first-order chi connectivity index (χ1) is 11.8. The van der Waals surface area contributed by atoms with E-state index in [1.54, 1.807) is 11.6 Å². The standard InChI is InChI=1S/C19H29N3O2S/c1-6-14(4)16-9-11-17(12-10-16)18(7-2)21-25(23,24)19-13-20-22(8-3)15(19)5/h9-14,18,21H,6-8H2,1-5H3. The average Bonchev–Trinajstić information content (AvgIpc) is 3.00. The first-order valence-corrected chi connectivity index (χ1v) is 10.5. The van der Waals surface area contributed by atoms with E-state index in [0.29, 0.717) is 24.6 Å². The Morgan fingerprint density at radius 3 is 2.16 bits per heavy atom. The first kappa shape index (κ1) is 19.7. The summed E-state index contributed by atoms with van der Waals surface area (Å²) in [6.45, 7) is 10.7. The van der Waals surface area contributed by atoms with E-state index in [1.807, 2.05) is 26.0 Å². The van der Waals surface area contributed by atoms with Gasteiger partial charge in [0.2, 0.25) is 10.0 Å². The van der Waals surface area contributed by atoms with Gasteiger partial charge in [-0.15, -0.1) is 0 Å². The van der Waals surface area contributed by atoms with Crippen LogP contribution in [0.25, 0.3) is 0 Å². The van der Waals surface area contributed by atoms with Gasteiger partial charge in [0.15, 0.2) is 0 Å². The monoisotopic (exact) mass is 363 g/mol. The molecule has 0 bridgehead atoms. The number of benzene rings is 1. The Morgan fingerprint density at radius 2 is 1.68 bits per heavy atom. The predicted molar refractivity (Wildman–Crippen MR) is 101 cm³/mol. The molecule has 0 amide bonds. The maximum atomic E-state index is 12.8. The van der Waals surface area contributed by atoms with Crippen molar-refractivity contribution in [1.29, 1.82) is 0 Å². The Kier molecular flexibility index (Phi) is 6.41. The van der Waals surface area contributed by atoms with Crippen LogP contribution >= 0.6 is 0 Å². The van der Waals surface area contributed by atoms with Gasteiger partial charge < -0.3 is 0 Å². The van der Waals surface area contributed by atoms with Crippen molar-refractivity contribution >= 4 is 10.0 Å². The molecule has 0 spiro atoms. The van der Waals surface area contributed by atoms with E-state index in [1.165, 1.54) is 11.8 Å². The highest BCUT2D eigenvalue weighted by Crippen LogP contribution is 2.25. The van der Waals surface area contributed by atoms with Crippen LogP contribution in [0.5, 0.6) is 0 Å². The molecular weight excluding hydrogens is 334 g/mol. The van der Waals surface area contributed by atoms with Crippen LogP contribution in [0.1, 0.15) is 69.3 Å². The van der Waals surface area contributed by atoms with E-state index in [0.717, 1.165) is 12.0 Å². The summed E-state index contributed by atoms with van der Waals surface area (Å²) >= 11 is 0. The molecule has 0 fully saturated rings. The van der Waals surface area contributed by atoms with Crippen molar-refractivity contribution in [3.63, 3.8) is 0 Å². The summed E-state index contributed by atoms with van der Waals surface area (Å²) in [5.74, 6) is 0.508. The summed E-state index contributed by atoms with van der Waals surface area (Å²) in [6.07, 6.45) is 3.20. The SMILES string of the molecule is CCC(C)c1ccc(C(CC)NS(=O)(=O)c2cnn(CC)c2C)cc1. The molecule has 0 saturated carbocycles. The third-order valence-corrected chi connectivity index (χ3v) is 6.45. The maximum Gasteiger partial charge on any atom is 0.244 e. The summed E-state index contributed by atoms with van der Waals surface area (Å²) in [6, 6.07) is 8.00. The number of nitrogens with one attached hydrogen (secondary N) is 1. The minimum Gasteiger partial charge on any atom is -0.269 e. The number of hydrogen-bond acceptors (Lipinski definition) is 3. The molecule has 25 heavy (non-hydrogen) atoms. The molecule has 1 heterocycles. The van der Waals surface area contributed by atoms with Crippen LogP contribution in [0.2, 0.25) is 0 Å². The number of aryl methyl sites for hydroxylation is 1. The van der Waals surface area contributed by atoms with Crippen LogP contribution in [-0.4, -0.2) is 18.2 Å². The van der Waals surface area contributed by atoms with E-state index in [9.17, 15) is 8.42 Å². The smallest absolute Gasteiger partial charge is 0.244 e. The summed E-state index contributed by atoms with van der Waals surface area (Å²) < 4.78 is 30.1. The van der Waals surface area contributed by atoms with Crippen molar-refractivity contribution in [2.45, 2.75) is 70.9 Å². The number of rotatable bonds is 8. The van der Waals surface area contributed by atoms with Gasteiger partial charge in [-0.2, -0.15) is 5.10 Å². The van der Waals surface area contributed by atoms with Gasteiger partial charge >= 0.3 is 0 Å². The fourth-order valence-electron chi connectivity index (χ4n) is 2.94. The van der Waals surface area contributed by atoms with Gasteiger partial charge in [0, 0.05) is 12.6 Å². The summed E-state index contributed by atoms with van der Waals surface area (Å²) in [4.78, 5) is 0.254. The summed E-state index contributed by atoms with van der Waals surface area (Å²) in [7, 11) is -3.60. The third-order valence-electron chi connectivity index (χ3n) is 4.87. The lowest BCUT2D eigenvalue weighted by atomic mass is 9.96. The molecule has 1 aromatic carbocycles. The topological polar surface area (TPSA) is 64.0 Å². The normalized spacial score (nSPS) is 14.4. The number of sulfonamides is 1. The number of nitrogens with zero attached hydrogens (tertiary/aromatic N) is 2. The molecule has 2 rings (SSSR count). The molecule has 0 saturated heterocycles. The van der Waals surface area contributed by atoms with E-state index in [2.05, 4.69) is 35.8 Å². The molecule has 0 aliphatic rings. The second kappa shape index (κ2) is 8.15. The number of aromatic nitrogens is 2. The lowest BCUT2D eigenvalue weighted by molar-refractivity contribution is 0.548. The van der Waals surface area contributed by atoms with Crippen LogP contribution in [0.15, 0.2) is 35.4 Å². The molecule has 2 unspecified atom stereocenters. The largest absolute Gasteiger partial charge is 0.269 e. The van der Waals surface area contributed by atoms with Crippen LogP contribution in [0.3, 0.4) is 0 Å². The van der Waals surface area contributed by atoms with Crippen molar-refractivity contribution in [3.8, 4) is 0 Å². The second-order valence-corrected chi connectivity index (χ2v) is 8.15. The molecular formula is C19H29N3O2S. The molecule has 2 atom stereocenters. The first-order valence-electron chi connectivity index (χ1n) is 8.98. The molecule has 2 aromatic rings. The van der Waals surface area contributed by atoms with Gasteiger partial charge in [-0.25, -0.2) is 13.1 Å². The highest BCUT2D eigenvalue weighted by atomic mass is 32.2. The number of hydrogen-bond donors (Lipinski definition) is 1. The van der Waals surface area contributed by atoms with Crippen LogP contribution < -0.4 is 4.72 Å². The zero-order valence-corrected chi connectivity index (χ0v) is 16.6. The van der Waals surface area contributed by atoms with Gasteiger partial charge in [-0.05, 0) is 43.7 Å². The zero-order valence-electron chi connectivity index (χ0n) is 15.8. The van der Waals surface area contributed by atoms with Crippen LogP contribution in [0, 0.1) is 6.92 Å². The predicted octanol–water partition coefficient (Wildman–Crippen LogP) is 4.15. The average molecular weight is 364 g/mol. The van der Waals surface area contributed by atoms with E-state index in [4.69, 9.17) is 0 Å². The van der Waals surface area contributed by atoms with E-state index in [-0.39, 0.29) is 10.9 Å². The third kappa shape index (κ3) is 4.30. The molecule has 0 aliphatic heterocycles. The maximum absolute atomic E-state index is 12.8. The van der Waals surface area contributed by atoms with Crippen molar-refractivity contribution in [2.24, 2.45) is 0 Å². The fraction of sp³-hybridized carbons (Fsp3) is 0.526. The highest BCUT2D eigenvalue weighted by molar-refractivity contribution is 7.89. The van der Waals surface area contributed by atoms with Gasteiger partial charge in [0.1, 0.15) is 4.90 Å². The van der Waals surface area contributed by atoms with Gasteiger partial charge in [-0.1, -0.05) is 45.0 Å². The Balaban J connectivity index is 2.24. The van der Waals surface area contributed by atoms with Crippen molar-refractivity contribution in [1.82, 2.24) is 14.5 Å². The molecule has 5 nitrogen and oxygen atoms in total. The molecule has 1 N–H and O–H groups in total. The van der Waals surface area contributed by atoms with Gasteiger partial charge in [0.25, 0.3) is 0 Å². The fourth-order valence-corrected chi connectivity index (χ4v) is 4.43. The molecule has 6 heteroatoms. The summed E-state index contributed by atoms with van der Waals surface area (Å²) in [5, 5.41) is 4.14. The Labute approximate surface area is 151 Å². The lowest BCUT2D eigenvalue weighted by Crippen LogP contribution is -2.28. The molecule has 138 valence electrons. The minimum absolute atomic E-state index is 0.250. The Morgan fingerprint density at radius 1 is 1.08 bits per heavy atom. The Hall–Kier alpha value is -1.66. The van der Waals surface area contributed by atoms with Crippen molar-refractivity contribution in [3.05, 3.63) is 47.3 Å². The van der Waals surface area contributed by atoms with Crippen molar-refractivity contribution in [2.75, 3.05) is 0 Å². The second-order valence-electron chi connectivity index (χ2n) is 6.47. The molecule has 0 aliphatic carbocycles. The van der Waals surface area contributed by atoms with Crippen LogP contribution in [0.4, 0.5) is 0 Å². The quantitative estimate of drug-likeness (QED) is 0.766.